The first kappa shape index (κ1) is 5.90. The van der Waals surface area contributed by atoms with Crippen molar-refractivity contribution in [1.82, 2.24) is 20.2 Å². The van der Waals surface area contributed by atoms with Crippen LogP contribution in [-0.2, 0) is 0 Å². The summed E-state index contributed by atoms with van der Waals surface area (Å²) < 4.78 is 6.12. The highest BCUT2D eigenvalue weighted by Gasteiger charge is 2.03. The molecule has 2 rings (SSSR count). The Morgan fingerprint density at radius 2 is 2.45 bits per heavy atom. The first-order valence-corrected chi connectivity index (χ1v) is 2.95. The first-order valence-electron chi connectivity index (χ1n) is 2.95. The molecular formula is C5H5N5O. The summed E-state index contributed by atoms with van der Waals surface area (Å²) in [5, 5.41) is 10.6. The molecule has 0 unspecified atom stereocenters. The molecule has 0 aliphatic carbocycles. The maximum absolute atomic E-state index is 5.52. The van der Waals surface area contributed by atoms with Crippen LogP contribution in [0.3, 0.4) is 0 Å². The number of nitrogens with zero attached hydrogens (tertiary/aromatic N) is 4. The minimum Gasteiger partial charge on any atom is -0.383 e. The molecule has 2 heterocycles. The second-order valence-electron chi connectivity index (χ2n) is 1.92. The fraction of sp³-hybridized carbons (Fsp3) is 0. The van der Waals surface area contributed by atoms with Crippen molar-refractivity contribution in [2.24, 2.45) is 0 Å². The molecule has 0 aliphatic heterocycles. The molecule has 2 aromatic heterocycles. The molecule has 0 spiro atoms. The van der Waals surface area contributed by atoms with Crippen molar-refractivity contribution in [2.75, 3.05) is 5.73 Å². The van der Waals surface area contributed by atoms with E-state index in [4.69, 9.17) is 10.3 Å². The van der Waals surface area contributed by atoms with E-state index >= 15 is 0 Å². The van der Waals surface area contributed by atoms with E-state index in [1.54, 1.807) is 12.3 Å². The highest BCUT2D eigenvalue weighted by atomic mass is 16.5. The maximum atomic E-state index is 5.52. The minimum atomic E-state index is 0.410. The van der Waals surface area contributed by atoms with Gasteiger partial charge in [0.25, 0.3) is 5.88 Å². The average molecular weight is 151 g/mol. The molecule has 0 amide bonds. The van der Waals surface area contributed by atoms with Crippen LogP contribution in [0.4, 0.5) is 5.82 Å². The van der Waals surface area contributed by atoms with E-state index in [0.29, 0.717) is 11.7 Å². The maximum Gasteiger partial charge on any atom is 0.274 e. The van der Waals surface area contributed by atoms with Gasteiger partial charge in [0.2, 0.25) is 0 Å². The number of hydrogen-bond donors (Lipinski definition) is 1. The second-order valence-corrected chi connectivity index (χ2v) is 1.92. The van der Waals surface area contributed by atoms with Gasteiger partial charge >= 0.3 is 0 Å². The standard InChI is InChI=1S/C5H5N5O/c6-4-1-2-8-10(4)5-3-7-9-11-5/h1-3H,6H2. The van der Waals surface area contributed by atoms with Crippen molar-refractivity contribution < 1.29 is 4.52 Å². The molecule has 0 atom stereocenters. The van der Waals surface area contributed by atoms with Crippen LogP contribution in [0, 0.1) is 0 Å². The molecule has 2 N–H and O–H groups in total. The lowest BCUT2D eigenvalue weighted by Crippen LogP contribution is -1.99. The van der Waals surface area contributed by atoms with Crippen LogP contribution in [0.2, 0.25) is 0 Å². The smallest absolute Gasteiger partial charge is 0.274 e. The Morgan fingerprint density at radius 1 is 1.55 bits per heavy atom. The summed E-state index contributed by atoms with van der Waals surface area (Å²) >= 11 is 0. The van der Waals surface area contributed by atoms with Crippen LogP contribution < -0.4 is 5.73 Å². The normalized spacial score (nSPS) is 10.2. The lowest BCUT2D eigenvalue weighted by Gasteiger charge is -1.93. The van der Waals surface area contributed by atoms with Gasteiger partial charge in [0.15, 0.2) is 0 Å². The lowest BCUT2D eigenvalue weighted by atomic mass is 10.6. The Morgan fingerprint density at radius 3 is 3.00 bits per heavy atom. The number of nitrogen functional groups attached to an aromatic ring is 1. The SMILES string of the molecule is Nc1ccnn1-c1cnno1. The Balaban J connectivity index is 2.53. The third-order valence-corrected chi connectivity index (χ3v) is 1.23. The third-order valence-electron chi connectivity index (χ3n) is 1.23. The molecule has 0 aliphatic rings. The van der Waals surface area contributed by atoms with E-state index in [9.17, 15) is 0 Å². The van der Waals surface area contributed by atoms with Gasteiger partial charge < -0.3 is 10.3 Å². The van der Waals surface area contributed by atoms with E-state index < -0.39 is 0 Å². The summed E-state index contributed by atoms with van der Waals surface area (Å²) in [6.07, 6.45) is 3.00. The van der Waals surface area contributed by atoms with Crippen LogP contribution in [0.25, 0.3) is 5.88 Å². The molecule has 0 saturated carbocycles. The van der Waals surface area contributed by atoms with E-state index in [0.717, 1.165) is 0 Å². The molecule has 56 valence electrons. The quantitative estimate of drug-likeness (QED) is 0.612. The third kappa shape index (κ3) is 0.841. The molecule has 2 aromatic rings. The average Bonchev–Trinajstić information content (AvgIpc) is 2.55. The van der Waals surface area contributed by atoms with Gasteiger partial charge in [-0.3, -0.25) is 0 Å². The molecule has 11 heavy (non-hydrogen) atoms. The monoisotopic (exact) mass is 151 g/mol. The van der Waals surface area contributed by atoms with E-state index in [1.807, 2.05) is 0 Å². The van der Waals surface area contributed by atoms with Crippen LogP contribution in [0.15, 0.2) is 23.0 Å². The Bertz CT molecular complexity index is 337. The second kappa shape index (κ2) is 2.08. The summed E-state index contributed by atoms with van der Waals surface area (Å²) in [4.78, 5) is 0. The Kier molecular flexibility index (Phi) is 1.12. The van der Waals surface area contributed by atoms with Crippen molar-refractivity contribution >= 4 is 5.82 Å². The summed E-state index contributed by atoms with van der Waals surface area (Å²) in [5.41, 5.74) is 5.52. The van der Waals surface area contributed by atoms with Crippen molar-refractivity contribution in [1.29, 1.82) is 0 Å². The van der Waals surface area contributed by atoms with Gasteiger partial charge in [-0.25, -0.2) is 0 Å². The zero-order valence-corrected chi connectivity index (χ0v) is 5.51. The highest BCUT2D eigenvalue weighted by Crippen LogP contribution is 2.08. The number of anilines is 1. The summed E-state index contributed by atoms with van der Waals surface area (Å²) in [6, 6.07) is 1.66. The fourth-order valence-electron chi connectivity index (χ4n) is 0.753. The van der Waals surface area contributed by atoms with Gasteiger partial charge in [-0.1, -0.05) is 0 Å². The van der Waals surface area contributed by atoms with Gasteiger partial charge in [0.05, 0.1) is 6.20 Å². The van der Waals surface area contributed by atoms with Crippen LogP contribution in [0.5, 0.6) is 0 Å². The van der Waals surface area contributed by atoms with Crippen molar-refractivity contribution in [3.63, 3.8) is 0 Å². The largest absolute Gasteiger partial charge is 0.383 e. The molecule has 0 saturated heterocycles. The molecular weight excluding hydrogens is 146 g/mol. The van der Waals surface area contributed by atoms with Crippen molar-refractivity contribution in [3.05, 3.63) is 18.5 Å². The predicted molar refractivity (Wildman–Crippen MR) is 35.8 cm³/mol. The van der Waals surface area contributed by atoms with Gasteiger partial charge in [0, 0.05) is 11.3 Å². The summed E-state index contributed by atoms with van der Waals surface area (Å²) in [7, 11) is 0. The van der Waals surface area contributed by atoms with Crippen molar-refractivity contribution in [3.8, 4) is 5.88 Å². The summed E-state index contributed by atoms with van der Waals surface area (Å²) in [6.45, 7) is 0. The zero-order valence-electron chi connectivity index (χ0n) is 5.51. The number of aromatic nitrogens is 4. The fourth-order valence-corrected chi connectivity index (χ4v) is 0.753. The molecule has 0 aromatic carbocycles. The molecule has 6 nitrogen and oxygen atoms in total. The summed E-state index contributed by atoms with van der Waals surface area (Å²) in [5.74, 6) is 0.899. The predicted octanol–water partition coefficient (Wildman–Crippen LogP) is -0.163. The van der Waals surface area contributed by atoms with E-state index in [-0.39, 0.29) is 0 Å². The lowest BCUT2D eigenvalue weighted by molar-refractivity contribution is 0.376. The zero-order chi connectivity index (χ0) is 7.68. The van der Waals surface area contributed by atoms with Gasteiger partial charge in [-0.05, 0) is 0 Å². The minimum absolute atomic E-state index is 0.410. The number of rotatable bonds is 1. The van der Waals surface area contributed by atoms with Gasteiger partial charge in [0.1, 0.15) is 12.0 Å². The van der Waals surface area contributed by atoms with Crippen LogP contribution in [-0.4, -0.2) is 20.2 Å². The molecule has 6 heteroatoms. The Hall–Kier alpha value is -1.85. The number of hydrogen-bond acceptors (Lipinski definition) is 5. The molecule has 0 bridgehead atoms. The van der Waals surface area contributed by atoms with E-state index in [2.05, 4.69) is 15.5 Å². The molecule has 0 radical (unpaired) electrons. The van der Waals surface area contributed by atoms with Gasteiger partial charge in [-0.15, -0.1) is 5.10 Å². The first-order chi connectivity index (χ1) is 5.38. The molecule has 0 fully saturated rings. The van der Waals surface area contributed by atoms with Gasteiger partial charge in [-0.2, -0.15) is 9.78 Å². The topological polar surface area (TPSA) is 82.8 Å². The van der Waals surface area contributed by atoms with E-state index in [1.165, 1.54) is 10.9 Å². The highest BCUT2D eigenvalue weighted by molar-refractivity contribution is 5.33. The Labute approximate surface area is 61.6 Å². The number of nitrogens with two attached hydrogens (primary N) is 1. The van der Waals surface area contributed by atoms with Crippen molar-refractivity contribution in [2.45, 2.75) is 0 Å². The van der Waals surface area contributed by atoms with Crippen LogP contribution >= 0.6 is 0 Å². The van der Waals surface area contributed by atoms with Crippen LogP contribution in [0.1, 0.15) is 0 Å².